The molecule has 144 valence electrons. The molecule has 25 heavy (non-hydrogen) atoms. The van der Waals surface area contributed by atoms with Crippen molar-refractivity contribution in [2.24, 2.45) is 16.8 Å². The van der Waals surface area contributed by atoms with Gasteiger partial charge >= 0.3 is 0 Å². The van der Waals surface area contributed by atoms with E-state index in [1.165, 1.54) is 6.08 Å². The number of nitrogens with one attached hydrogen (secondary N) is 1. The molecular formula is C19H30F3IN2. The van der Waals surface area contributed by atoms with Crippen LogP contribution in [0, 0.1) is 11.8 Å². The average Bonchev–Trinajstić information content (AvgIpc) is 2.44. The molecule has 0 saturated heterocycles. The van der Waals surface area contributed by atoms with Gasteiger partial charge in [0.15, 0.2) is 0 Å². The van der Waals surface area contributed by atoms with Crippen LogP contribution in [0.15, 0.2) is 26.9 Å². The van der Waals surface area contributed by atoms with Crippen LogP contribution in [-0.2, 0) is 0 Å². The average molecular weight is 470 g/mol. The van der Waals surface area contributed by atoms with Crippen LogP contribution in [0.5, 0.6) is 0 Å². The van der Waals surface area contributed by atoms with E-state index >= 15 is 0 Å². The summed E-state index contributed by atoms with van der Waals surface area (Å²) in [5, 5.41) is 3.59. The summed E-state index contributed by atoms with van der Waals surface area (Å²) in [6.07, 6.45) is 7.30. The molecule has 0 aromatic rings. The molecule has 5 unspecified atom stereocenters. The molecule has 0 spiro atoms. The lowest BCUT2D eigenvalue weighted by Crippen LogP contribution is -2.53. The van der Waals surface area contributed by atoms with Crippen LogP contribution in [0.4, 0.5) is 13.2 Å². The van der Waals surface area contributed by atoms with Crippen LogP contribution in [0.3, 0.4) is 0 Å². The Hall–Kier alpha value is -0.370. The fourth-order valence-electron chi connectivity index (χ4n) is 3.40. The Bertz CT molecular complexity index is 511. The molecule has 0 amide bonds. The van der Waals surface area contributed by atoms with Crippen LogP contribution < -0.4 is 5.32 Å². The Labute approximate surface area is 163 Å². The first-order valence-electron chi connectivity index (χ1n) is 8.84. The summed E-state index contributed by atoms with van der Waals surface area (Å²) in [5.74, 6) is -3.15. The molecule has 0 aliphatic carbocycles. The molecule has 1 N–H and O–H groups in total. The van der Waals surface area contributed by atoms with Gasteiger partial charge in [-0.2, -0.15) is 0 Å². The third-order valence-corrected chi connectivity index (χ3v) is 5.23. The van der Waals surface area contributed by atoms with Gasteiger partial charge < -0.3 is 5.32 Å². The van der Waals surface area contributed by atoms with E-state index in [0.29, 0.717) is 0 Å². The molecule has 0 radical (unpaired) electrons. The smallest absolute Gasteiger partial charge is 0.248 e. The molecule has 0 aromatic carbocycles. The van der Waals surface area contributed by atoms with Crippen molar-refractivity contribution in [2.45, 2.75) is 77.6 Å². The van der Waals surface area contributed by atoms with Gasteiger partial charge in [0.2, 0.25) is 5.92 Å². The number of nitrogens with zero attached hydrogens (tertiary/aromatic N) is 1. The predicted octanol–water partition coefficient (Wildman–Crippen LogP) is 6.08. The van der Waals surface area contributed by atoms with Crippen molar-refractivity contribution in [2.75, 3.05) is 0 Å². The van der Waals surface area contributed by atoms with E-state index in [4.69, 9.17) is 0 Å². The molecule has 5 atom stereocenters. The van der Waals surface area contributed by atoms with Crippen molar-refractivity contribution in [3.8, 4) is 0 Å². The lowest BCUT2D eigenvalue weighted by molar-refractivity contribution is 0.0253. The topological polar surface area (TPSA) is 24.4 Å². The van der Waals surface area contributed by atoms with E-state index in [0.717, 1.165) is 23.5 Å². The van der Waals surface area contributed by atoms with E-state index in [2.05, 4.69) is 45.9 Å². The maximum atomic E-state index is 14.4. The highest BCUT2D eigenvalue weighted by Crippen LogP contribution is 2.30. The van der Waals surface area contributed by atoms with Gasteiger partial charge in [0, 0.05) is 36.6 Å². The number of hydrogen-bond acceptors (Lipinski definition) is 2. The largest absolute Gasteiger partial charge is 0.305 e. The predicted molar refractivity (Wildman–Crippen MR) is 108 cm³/mol. The lowest BCUT2D eigenvalue weighted by Gasteiger charge is -2.39. The first kappa shape index (κ1) is 22.7. The fourth-order valence-corrected chi connectivity index (χ4v) is 4.28. The minimum absolute atomic E-state index is 0.0567. The summed E-state index contributed by atoms with van der Waals surface area (Å²) in [4.78, 5) is 4.26. The molecular weight excluding hydrogens is 440 g/mol. The third-order valence-electron chi connectivity index (χ3n) is 4.64. The lowest BCUT2D eigenvalue weighted by atomic mass is 9.80. The molecule has 2 nitrogen and oxygen atoms in total. The van der Waals surface area contributed by atoms with Crippen molar-refractivity contribution in [3.63, 3.8) is 0 Å². The summed E-state index contributed by atoms with van der Waals surface area (Å²) < 4.78 is 41.3. The van der Waals surface area contributed by atoms with Gasteiger partial charge in [-0.05, 0) is 61.8 Å². The van der Waals surface area contributed by atoms with Gasteiger partial charge in [0.1, 0.15) is 6.17 Å². The summed E-state index contributed by atoms with van der Waals surface area (Å²) in [6.45, 7) is 8.46. The molecule has 0 fully saturated rings. The molecule has 1 rings (SSSR count). The minimum atomic E-state index is -2.73. The van der Waals surface area contributed by atoms with Crippen molar-refractivity contribution >= 4 is 28.8 Å². The van der Waals surface area contributed by atoms with Gasteiger partial charge in [-0.15, -0.1) is 0 Å². The summed E-state index contributed by atoms with van der Waals surface area (Å²) in [7, 11) is 0. The number of allylic oxidation sites excluding steroid dienone is 2. The highest BCUT2D eigenvalue weighted by Gasteiger charge is 2.34. The van der Waals surface area contributed by atoms with Crippen LogP contribution in [-0.4, -0.2) is 29.9 Å². The Balaban J connectivity index is 2.88. The van der Waals surface area contributed by atoms with Crippen LogP contribution in [0.1, 0.15) is 53.9 Å². The monoisotopic (exact) mass is 470 g/mol. The normalized spacial score (nSPS) is 26.4. The second kappa shape index (κ2) is 9.53. The van der Waals surface area contributed by atoms with Crippen LogP contribution >= 0.6 is 22.6 Å². The van der Waals surface area contributed by atoms with E-state index in [9.17, 15) is 13.2 Å². The van der Waals surface area contributed by atoms with Crippen molar-refractivity contribution < 1.29 is 13.2 Å². The highest BCUT2D eigenvalue weighted by atomic mass is 127. The number of hydrogen-bond donors (Lipinski definition) is 1. The molecule has 1 aliphatic rings. The quantitative estimate of drug-likeness (QED) is 0.247. The maximum absolute atomic E-state index is 14.4. The maximum Gasteiger partial charge on any atom is 0.248 e. The second-order valence-electron chi connectivity index (χ2n) is 7.38. The first-order valence-corrected chi connectivity index (χ1v) is 9.92. The summed E-state index contributed by atoms with van der Waals surface area (Å²) in [5.41, 5.74) is -0.272. The van der Waals surface area contributed by atoms with Crippen LogP contribution in [0.25, 0.3) is 0 Å². The molecule has 1 heterocycles. The zero-order valence-corrected chi connectivity index (χ0v) is 17.9. The van der Waals surface area contributed by atoms with Gasteiger partial charge in [-0.25, -0.2) is 13.2 Å². The van der Waals surface area contributed by atoms with Crippen molar-refractivity contribution in [1.29, 1.82) is 0 Å². The molecule has 0 saturated carbocycles. The fraction of sp³-hybridized carbons (Fsp3) is 0.737. The Kier molecular flexibility index (Phi) is 8.64. The number of aliphatic imine (C=N–C) groups is 1. The Morgan fingerprint density at radius 3 is 2.56 bits per heavy atom. The van der Waals surface area contributed by atoms with Gasteiger partial charge in [-0.3, -0.25) is 4.99 Å². The van der Waals surface area contributed by atoms with E-state index in [1.807, 2.05) is 20.1 Å². The number of halogens is 4. The zero-order valence-electron chi connectivity index (χ0n) is 15.7. The van der Waals surface area contributed by atoms with Gasteiger partial charge in [-0.1, -0.05) is 26.0 Å². The SMILES string of the molecule is CCC(NC1(C)C=C(I)N=CC1)C(C(C)F)C(C)/C=C\CC(C)(F)F. The zero-order chi connectivity index (χ0) is 19.3. The first-order chi connectivity index (χ1) is 11.5. The van der Waals surface area contributed by atoms with Crippen molar-refractivity contribution in [3.05, 3.63) is 21.9 Å². The summed E-state index contributed by atoms with van der Waals surface area (Å²) >= 11 is 2.18. The summed E-state index contributed by atoms with van der Waals surface area (Å²) in [6, 6.07) is -0.0567. The molecule has 1 aliphatic heterocycles. The number of alkyl halides is 3. The highest BCUT2D eigenvalue weighted by molar-refractivity contribution is 14.1. The Morgan fingerprint density at radius 2 is 2.08 bits per heavy atom. The van der Waals surface area contributed by atoms with E-state index < -0.39 is 12.1 Å². The Morgan fingerprint density at radius 1 is 1.44 bits per heavy atom. The standard InChI is InChI=1S/C19H30F3IN2/c1-6-15(25-18(4)10-11-24-16(23)12-18)17(14(3)20)13(2)8-7-9-19(5,21)22/h7-8,11-15,17,25H,6,9-10H2,1-5H3/b8-7-. The van der Waals surface area contributed by atoms with Gasteiger partial charge in [0.25, 0.3) is 0 Å². The minimum Gasteiger partial charge on any atom is -0.305 e. The second-order valence-corrected chi connectivity index (χ2v) is 8.48. The molecule has 0 bridgehead atoms. The van der Waals surface area contributed by atoms with Gasteiger partial charge in [0.05, 0.1) is 3.70 Å². The van der Waals surface area contributed by atoms with Crippen molar-refractivity contribution in [1.82, 2.24) is 5.32 Å². The van der Waals surface area contributed by atoms with E-state index in [-0.39, 0.29) is 29.8 Å². The molecule has 6 heteroatoms. The third kappa shape index (κ3) is 7.81. The molecule has 0 aromatic heterocycles. The van der Waals surface area contributed by atoms with E-state index in [1.54, 1.807) is 13.0 Å². The number of rotatable bonds is 9. The van der Waals surface area contributed by atoms with Crippen LogP contribution in [0.2, 0.25) is 0 Å².